The molecule has 3 rings (SSSR count). The van der Waals surface area contributed by atoms with Gasteiger partial charge in [0, 0.05) is 22.2 Å². The molecule has 2 nitrogen and oxygen atoms in total. The second-order valence-electron chi connectivity index (χ2n) is 5.77. The third-order valence-electron chi connectivity index (χ3n) is 3.80. The van der Waals surface area contributed by atoms with Crippen LogP contribution in [0.15, 0.2) is 54.6 Å². The molecule has 0 aliphatic rings. The van der Waals surface area contributed by atoms with Crippen molar-refractivity contribution in [1.29, 1.82) is 0 Å². The van der Waals surface area contributed by atoms with Crippen molar-refractivity contribution in [2.75, 3.05) is 5.32 Å². The Morgan fingerprint density at radius 2 is 1.41 bits per heavy atom. The monoisotopic (exact) mass is 459 g/mol. The first kappa shape index (κ1) is 20.4. The van der Waals surface area contributed by atoms with Crippen molar-refractivity contribution in [1.82, 2.24) is 0 Å². The average molecular weight is 462 g/mol. The summed E-state index contributed by atoms with van der Waals surface area (Å²) in [5.74, 6) is 0.705. The fraction of sp³-hybridized carbons (Fsp3) is 0.100. The zero-order valence-electron chi connectivity index (χ0n) is 13.9. The Hall–Kier alpha value is -1.29. The fourth-order valence-corrected chi connectivity index (χ4v) is 3.31. The molecule has 0 unspecified atom stereocenters. The smallest absolute Gasteiger partial charge is 0.124 e. The third kappa shape index (κ3) is 5.60. The topological polar surface area (TPSA) is 21.3 Å². The van der Waals surface area contributed by atoms with E-state index in [0.717, 1.165) is 16.8 Å². The van der Waals surface area contributed by atoms with Crippen molar-refractivity contribution >= 4 is 63.7 Å². The number of ether oxygens (including phenoxy) is 1. The van der Waals surface area contributed by atoms with Gasteiger partial charge in [0.15, 0.2) is 0 Å². The maximum atomic E-state index is 6.20. The summed E-state index contributed by atoms with van der Waals surface area (Å²) in [6.45, 7) is 0.820. The fourth-order valence-electron chi connectivity index (χ4n) is 2.44. The zero-order valence-corrected chi connectivity index (χ0v) is 17.7. The van der Waals surface area contributed by atoms with Crippen molar-refractivity contribution in [2.24, 2.45) is 0 Å². The summed E-state index contributed by atoms with van der Waals surface area (Å²) in [7, 11) is 0. The van der Waals surface area contributed by atoms with Gasteiger partial charge < -0.3 is 10.1 Å². The molecular formula is C20H14Cl5NO. The SMILES string of the molecule is Clc1ccc(OCc2ccc(Cl)c(Cl)c2)c(CNc2cc(Cl)ccc2Cl)c1. The number of hydrogen-bond donors (Lipinski definition) is 1. The molecule has 0 atom stereocenters. The van der Waals surface area contributed by atoms with E-state index < -0.39 is 0 Å². The van der Waals surface area contributed by atoms with Crippen LogP contribution in [-0.4, -0.2) is 0 Å². The average Bonchev–Trinajstić information content (AvgIpc) is 2.64. The molecular weight excluding hydrogens is 447 g/mol. The van der Waals surface area contributed by atoms with Gasteiger partial charge in [-0.05, 0) is 54.1 Å². The number of benzene rings is 3. The molecule has 0 saturated carbocycles. The summed E-state index contributed by atoms with van der Waals surface area (Å²) in [5.41, 5.74) is 2.54. The number of rotatable bonds is 6. The molecule has 140 valence electrons. The summed E-state index contributed by atoms with van der Waals surface area (Å²) in [6, 6.07) is 16.1. The Morgan fingerprint density at radius 3 is 2.19 bits per heavy atom. The van der Waals surface area contributed by atoms with Crippen LogP contribution >= 0.6 is 58.0 Å². The molecule has 1 N–H and O–H groups in total. The second-order valence-corrected chi connectivity index (χ2v) is 7.86. The van der Waals surface area contributed by atoms with Gasteiger partial charge in [-0.2, -0.15) is 0 Å². The number of halogens is 5. The van der Waals surface area contributed by atoms with Gasteiger partial charge in [0.2, 0.25) is 0 Å². The highest BCUT2D eigenvalue weighted by Crippen LogP contribution is 2.29. The van der Waals surface area contributed by atoms with Crippen molar-refractivity contribution in [3.8, 4) is 5.75 Å². The lowest BCUT2D eigenvalue weighted by Crippen LogP contribution is -2.04. The molecule has 3 aromatic carbocycles. The number of nitrogens with one attached hydrogen (secondary N) is 1. The van der Waals surface area contributed by atoms with Gasteiger partial charge in [-0.3, -0.25) is 0 Å². The molecule has 0 heterocycles. The molecule has 0 aromatic heterocycles. The maximum Gasteiger partial charge on any atom is 0.124 e. The molecule has 0 radical (unpaired) electrons. The van der Waals surface area contributed by atoms with E-state index >= 15 is 0 Å². The number of anilines is 1. The van der Waals surface area contributed by atoms with E-state index in [0.29, 0.717) is 44.0 Å². The van der Waals surface area contributed by atoms with E-state index in [1.54, 1.807) is 36.4 Å². The molecule has 27 heavy (non-hydrogen) atoms. The lowest BCUT2D eigenvalue weighted by molar-refractivity contribution is 0.303. The van der Waals surface area contributed by atoms with Gasteiger partial charge in [-0.15, -0.1) is 0 Å². The predicted molar refractivity (Wildman–Crippen MR) is 116 cm³/mol. The van der Waals surface area contributed by atoms with Crippen LogP contribution in [0, 0.1) is 0 Å². The molecule has 0 saturated heterocycles. The Kier molecular flexibility index (Phi) is 7.02. The van der Waals surface area contributed by atoms with E-state index in [2.05, 4.69) is 5.32 Å². The first-order chi connectivity index (χ1) is 12.9. The van der Waals surface area contributed by atoms with Gasteiger partial charge in [0.25, 0.3) is 0 Å². The lowest BCUT2D eigenvalue weighted by Gasteiger charge is -2.14. The van der Waals surface area contributed by atoms with E-state index in [1.807, 2.05) is 18.2 Å². The Morgan fingerprint density at radius 1 is 0.704 bits per heavy atom. The summed E-state index contributed by atoms with van der Waals surface area (Å²) < 4.78 is 5.96. The Labute approximate surface area is 182 Å². The normalized spacial score (nSPS) is 10.7. The zero-order chi connectivity index (χ0) is 19.4. The van der Waals surface area contributed by atoms with E-state index in [1.165, 1.54) is 0 Å². The molecule has 0 fully saturated rings. The van der Waals surface area contributed by atoms with Crippen LogP contribution in [0.3, 0.4) is 0 Å². The van der Waals surface area contributed by atoms with Crippen LogP contribution in [0.5, 0.6) is 5.75 Å². The molecule has 0 bridgehead atoms. The van der Waals surface area contributed by atoms with Crippen LogP contribution in [-0.2, 0) is 13.2 Å². The molecule has 0 aliphatic heterocycles. The van der Waals surface area contributed by atoms with Crippen LogP contribution in [0.4, 0.5) is 5.69 Å². The highest BCUT2D eigenvalue weighted by molar-refractivity contribution is 6.42. The summed E-state index contributed by atoms with van der Waals surface area (Å²) in [6.07, 6.45) is 0. The molecule has 0 spiro atoms. The number of hydrogen-bond acceptors (Lipinski definition) is 2. The van der Waals surface area contributed by atoms with E-state index in [9.17, 15) is 0 Å². The van der Waals surface area contributed by atoms with Crippen molar-refractivity contribution < 1.29 is 4.74 Å². The van der Waals surface area contributed by atoms with Crippen LogP contribution in [0.1, 0.15) is 11.1 Å². The summed E-state index contributed by atoms with van der Waals surface area (Å²) in [5, 5.41) is 6.06. The minimum atomic E-state index is 0.351. The minimum Gasteiger partial charge on any atom is -0.489 e. The first-order valence-corrected chi connectivity index (χ1v) is 9.85. The summed E-state index contributed by atoms with van der Waals surface area (Å²) >= 11 is 30.4. The van der Waals surface area contributed by atoms with Crippen molar-refractivity contribution in [2.45, 2.75) is 13.2 Å². The largest absolute Gasteiger partial charge is 0.489 e. The highest BCUT2D eigenvalue weighted by atomic mass is 35.5. The van der Waals surface area contributed by atoms with Gasteiger partial charge >= 0.3 is 0 Å². The standard InChI is InChI=1S/C20H14Cl5NO/c21-14-3-6-20(27-11-12-1-4-16(23)18(25)7-12)13(8-14)10-26-19-9-15(22)2-5-17(19)24/h1-9,26H,10-11H2. The van der Waals surface area contributed by atoms with Crippen LogP contribution in [0.2, 0.25) is 25.1 Å². The third-order valence-corrected chi connectivity index (χ3v) is 5.34. The van der Waals surface area contributed by atoms with Crippen molar-refractivity contribution in [3.05, 3.63) is 90.8 Å². The van der Waals surface area contributed by atoms with E-state index in [4.69, 9.17) is 62.7 Å². The van der Waals surface area contributed by atoms with Gasteiger partial charge in [-0.1, -0.05) is 64.1 Å². The maximum absolute atomic E-state index is 6.20. The minimum absolute atomic E-state index is 0.351. The van der Waals surface area contributed by atoms with E-state index in [-0.39, 0.29) is 0 Å². The summed E-state index contributed by atoms with van der Waals surface area (Å²) in [4.78, 5) is 0. The quantitative estimate of drug-likeness (QED) is 0.400. The first-order valence-electron chi connectivity index (χ1n) is 7.96. The molecule has 0 aliphatic carbocycles. The van der Waals surface area contributed by atoms with Gasteiger partial charge in [0.05, 0.1) is 20.8 Å². The van der Waals surface area contributed by atoms with Gasteiger partial charge in [0.1, 0.15) is 12.4 Å². The predicted octanol–water partition coefficient (Wildman–Crippen LogP) is 8.14. The van der Waals surface area contributed by atoms with Gasteiger partial charge in [-0.25, -0.2) is 0 Å². The molecule has 3 aromatic rings. The van der Waals surface area contributed by atoms with Crippen LogP contribution in [0.25, 0.3) is 0 Å². The van der Waals surface area contributed by atoms with Crippen molar-refractivity contribution in [3.63, 3.8) is 0 Å². The lowest BCUT2D eigenvalue weighted by atomic mass is 10.2. The van der Waals surface area contributed by atoms with Crippen LogP contribution < -0.4 is 10.1 Å². The molecule has 7 heteroatoms. The Balaban J connectivity index is 1.74. The molecule has 0 amide bonds. The second kappa shape index (κ2) is 9.27. The highest BCUT2D eigenvalue weighted by Gasteiger charge is 2.08. The Bertz CT molecular complexity index is 961.